The van der Waals surface area contributed by atoms with Gasteiger partial charge >= 0.3 is 0 Å². The first-order valence-electron chi connectivity index (χ1n) is 6.65. The molecule has 0 saturated carbocycles. The van der Waals surface area contributed by atoms with Crippen molar-refractivity contribution in [3.8, 4) is 0 Å². The molecule has 0 radical (unpaired) electrons. The van der Waals surface area contributed by atoms with Crippen LogP contribution < -0.4 is 5.32 Å². The van der Waals surface area contributed by atoms with Crippen molar-refractivity contribution in [1.82, 2.24) is 5.32 Å². The highest BCUT2D eigenvalue weighted by molar-refractivity contribution is 14.1. The highest BCUT2D eigenvalue weighted by Gasteiger charge is 2.15. The minimum atomic E-state index is 0.318. The minimum Gasteiger partial charge on any atom is -0.306 e. The minimum absolute atomic E-state index is 0.318. The molecule has 19 heavy (non-hydrogen) atoms. The molecule has 1 heterocycles. The summed E-state index contributed by atoms with van der Waals surface area (Å²) in [6.07, 6.45) is 1.16. The van der Waals surface area contributed by atoms with Crippen molar-refractivity contribution in [3.05, 3.63) is 54.8 Å². The van der Waals surface area contributed by atoms with Crippen LogP contribution in [0.3, 0.4) is 0 Å². The van der Waals surface area contributed by atoms with E-state index < -0.39 is 0 Å². The van der Waals surface area contributed by atoms with Crippen LogP contribution in [0.1, 0.15) is 41.6 Å². The van der Waals surface area contributed by atoms with Gasteiger partial charge in [0, 0.05) is 0 Å². The molecular formula is C16H20INS. The second-order valence-electron chi connectivity index (χ2n) is 4.99. The quantitative estimate of drug-likeness (QED) is 0.710. The van der Waals surface area contributed by atoms with Crippen molar-refractivity contribution in [2.24, 2.45) is 0 Å². The smallest absolute Gasteiger partial charge is 0.0656 e. The number of rotatable bonds is 5. The molecule has 0 aliphatic rings. The molecule has 1 aromatic heterocycles. The van der Waals surface area contributed by atoms with Crippen LogP contribution in [-0.2, 0) is 0 Å². The third-order valence-corrected chi connectivity index (χ3v) is 4.90. The Bertz CT molecular complexity index is 527. The number of halogens is 1. The van der Waals surface area contributed by atoms with Crippen molar-refractivity contribution in [3.63, 3.8) is 0 Å². The lowest BCUT2D eigenvalue weighted by Gasteiger charge is -2.19. The Balaban J connectivity index is 2.36. The number of thiophene rings is 1. The summed E-state index contributed by atoms with van der Waals surface area (Å²) in [4.78, 5) is 0. The van der Waals surface area contributed by atoms with Crippen LogP contribution in [0.2, 0.25) is 0 Å². The Morgan fingerprint density at radius 3 is 2.32 bits per heavy atom. The largest absolute Gasteiger partial charge is 0.306 e. The average molecular weight is 385 g/mol. The molecule has 0 fully saturated rings. The predicted octanol–water partition coefficient (Wildman–Crippen LogP) is 5.06. The van der Waals surface area contributed by atoms with Gasteiger partial charge in [-0.05, 0) is 72.0 Å². The first-order chi connectivity index (χ1) is 9.10. The second-order valence-corrected chi connectivity index (χ2v) is 7.80. The van der Waals surface area contributed by atoms with E-state index in [0.29, 0.717) is 6.04 Å². The number of benzene rings is 1. The Labute approximate surface area is 133 Å². The Kier molecular flexibility index (Phi) is 5.42. The van der Waals surface area contributed by atoms with Gasteiger partial charge < -0.3 is 5.32 Å². The maximum absolute atomic E-state index is 3.67. The summed E-state index contributed by atoms with van der Waals surface area (Å²) in [5, 5.41) is 5.94. The molecule has 1 atom stereocenters. The third kappa shape index (κ3) is 4.04. The summed E-state index contributed by atoms with van der Waals surface area (Å²) in [6, 6.07) is 9.43. The van der Waals surface area contributed by atoms with Gasteiger partial charge in [0.25, 0.3) is 0 Å². The average Bonchev–Trinajstić information content (AvgIpc) is 2.75. The Morgan fingerprint density at radius 1 is 1.11 bits per heavy atom. The number of hydrogen-bond acceptors (Lipinski definition) is 2. The zero-order valence-electron chi connectivity index (χ0n) is 11.7. The lowest BCUT2D eigenvalue weighted by atomic mass is 9.97. The van der Waals surface area contributed by atoms with E-state index >= 15 is 0 Å². The molecule has 1 aromatic carbocycles. The number of hydrogen-bond donors (Lipinski definition) is 1. The van der Waals surface area contributed by atoms with E-state index in [0.717, 1.165) is 13.0 Å². The fourth-order valence-electron chi connectivity index (χ4n) is 2.37. The first kappa shape index (κ1) is 15.0. The van der Waals surface area contributed by atoms with Crippen molar-refractivity contribution >= 4 is 33.9 Å². The van der Waals surface area contributed by atoms with Crippen molar-refractivity contribution < 1.29 is 0 Å². The fraction of sp³-hybridized carbons (Fsp3) is 0.375. The third-order valence-electron chi connectivity index (χ3n) is 3.10. The van der Waals surface area contributed by atoms with Crippen LogP contribution in [0.25, 0.3) is 0 Å². The molecule has 2 aromatic rings. The molecular weight excluding hydrogens is 365 g/mol. The summed E-state index contributed by atoms with van der Waals surface area (Å²) in [6.45, 7) is 7.60. The van der Waals surface area contributed by atoms with E-state index in [9.17, 15) is 0 Å². The van der Waals surface area contributed by atoms with E-state index in [2.05, 4.69) is 78.3 Å². The van der Waals surface area contributed by atoms with Crippen LogP contribution in [0, 0.1) is 16.7 Å². The van der Waals surface area contributed by atoms with Gasteiger partial charge in [0.15, 0.2) is 0 Å². The van der Waals surface area contributed by atoms with Gasteiger partial charge in [-0.2, -0.15) is 0 Å². The molecule has 102 valence electrons. The van der Waals surface area contributed by atoms with E-state index in [1.807, 2.05) is 11.3 Å². The normalized spacial score (nSPS) is 12.6. The van der Waals surface area contributed by atoms with Gasteiger partial charge in [0.2, 0.25) is 0 Å². The lowest BCUT2D eigenvalue weighted by molar-refractivity contribution is 0.599. The zero-order valence-corrected chi connectivity index (χ0v) is 14.6. The van der Waals surface area contributed by atoms with Gasteiger partial charge in [-0.1, -0.05) is 36.2 Å². The van der Waals surface area contributed by atoms with Crippen LogP contribution in [-0.4, -0.2) is 6.54 Å². The molecule has 3 heteroatoms. The first-order valence-corrected chi connectivity index (χ1v) is 8.61. The summed E-state index contributed by atoms with van der Waals surface area (Å²) >= 11 is 4.21. The zero-order chi connectivity index (χ0) is 13.8. The maximum Gasteiger partial charge on any atom is 0.0656 e. The molecule has 0 amide bonds. The molecule has 0 bridgehead atoms. The van der Waals surface area contributed by atoms with Gasteiger partial charge in [0.1, 0.15) is 0 Å². The van der Waals surface area contributed by atoms with E-state index in [1.54, 1.807) is 0 Å². The van der Waals surface area contributed by atoms with E-state index in [4.69, 9.17) is 0 Å². The van der Waals surface area contributed by atoms with Crippen molar-refractivity contribution in [1.29, 1.82) is 0 Å². The van der Waals surface area contributed by atoms with Crippen LogP contribution in [0.4, 0.5) is 0 Å². The van der Waals surface area contributed by atoms with Crippen LogP contribution in [0.5, 0.6) is 0 Å². The van der Waals surface area contributed by atoms with Gasteiger partial charge in [-0.15, -0.1) is 11.3 Å². The SMILES string of the molecule is CCCNC(c1cc(C)cc(C)c1)c1csc(I)c1. The topological polar surface area (TPSA) is 12.0 Å². The van der Waals surface area contributed by atoms with Crippen LogP contribution in [0.15, 0.2) is 29.6 Å². The van der Waals surface area contributed by atoms with E-state index in [1.165, 1.54) is 25.1 Å². The monoisotopic (exact) mass is 385 g/mol. The molecule has 0 aliphatic carbocycles. The Morgan fingerprint density at radius 2 is 1.79 bits per heavy atom. The molecule has 0 saturated heterocycles. The van der Waals surface area contributed by atoms with E-state index in [-0.39, 0.29) is 0 Å². The molecule has 2 rings (SSSR count). The predicted molar refractivity (Wildman–Crippen MR) is 93.1 cm³/mol. The Hall–Kier alpha value is -0.390. The molecule has 0 spiro atoms. The lowest BCUT2D eigenvalue weighted by Crippen LogP contribution is -2.23. The number of aryl methyl sites for hydroxylation is 2. The van der Waals surface area contributed by atoms with Crippen LogP contribution >= 0.6 is 33.9 Å². The summed E-state index contributed by atoms with van der Waals surface area (Å²) in [5.41, 5.74) is 5.43. The summed E-state index contributed by atoms with van der Waals surface area (Å²) in [7, 11) is 0. The standard InChI is InChI=1S/C16H20INS/c1-4-5-18-16(14-9-15(17)19-10-14)13-7-11(2)6-12(3)8-13/h6-10,16,18H,4-5H2,1-3H3. The number of nitrogens with one attached hydrogen (secondary N) is 1. The molecule has 0 aliphatic heterocycles. The second kappa shape index (κ2) is 6.86. The van der Waals surface area contributed by atoms with Crippen molar-refractivity contribution in [2.45, 2.75) is 33.2 Å². The highest BCUT2D eigenvalue weighted by Crippen LogP contribution is 2.28. The van der Waals surface area contributed by atoms with Gasteiger partial charge in [-0.3, -0.25) is 0 Å². The van der Waals surface area contributed by atoms with Gasteiger partial charge in [0.05, 0.1) is 8.93 Å². The maximum atomic E-state index is 3.67. The summed E-state index contributed by atoms with van der Waals surface area (Å²) in [5.74, 6) is 0. The highest BCUT2D eigenvalue weighted by atomic mass is 127. The molecule has 1 unspecified atom stereocenters. The van der Waals surface area contributed by atoms with Gasteiger partial charge in [-0.25, -0.2) is 0 Å². The fourth-order valence-corrected chi connectivity index (χ4v) is 3.77. The van der Waals surface area contributed by atoms with Crippen molar-refractivity contribution in [2.75, 3.05) is 6.54 Å². The summed E-state index contributed by atoms with van der Waals surface area (Å²) < 4.78 is 1.35. The molecule has 1 N–H and O–H groups in total. The molecule has 1 nitrogen and oxygen atoms in total.